The van der Waals surface area contributed by atoms with Crippen LogP contribution in [0, 0.1) is 11.6 Å². The zero-order valence-corrected chi connectivity index (χ0v) is 14.4. The van der Waals surface area contributed by atoms with Gasteiger partial charge in [0.15, 0.2) is 28.8 Å². The van der Waals surface area contributed by atoms with Gasteiger partial charge in [-0.25, -0.2) is 18.6 Å². The standard InChI is InChI=1S/C18H12ClF2NO4/c1-24-15-4-3-9(6-16(15)25-2)5-14-18(23)26-17(22-14)10-7-12(20)13(21)8-11(10)19/h3-8H,1-2H3/b14-5-. The van der Waals surface area contributed by atoms with Gasteiger partial charge in [-0.15, -0.1) is 0 Å². The average molecular weight is 380 g/mol. The van der Waals surface area contributed by atoms with Gasteiger partial charge < -0.3 is 14.2 Å². The fourth-order valence-corrected chi connectivity index (χ4v) is 2.54. The highest BCUT2D eigenvalue weighted by atomic mass is 35.5. The van der Waals surface area contributed by atoms with Crippen LogP contribution in [0.5, 0.6) is 11.5 Å². The number of halogens is 3. The Kier molecular flexibility index (Phi) is 4.90. The summed E-state index contributed by atoms with van der Waals surface area (Å²) in [6, 6.07) is 6.63. The molecule has 134 valence electrons. The Morgan fingerprint density at radius 1 is 1.08 bits per heavy atom. The number of cyclic esters (lactones) is 1. The molecular formula is C18H12ClF2NO4. The van der Waals surface area contributed by atoms with Crippen LogP contribution in [-0.4, -0.2) is 26.1 Å². The molecule has 0 saturated heterocycles. The Morgan fingerprint density at radius 2 is 1.77 bits per heavy atom. The van der Waals surface area contributed by atoms with Crippen molar-refractivity contribution in [3.8, 4) is 11.5 Å². The molecule has 0 bridgehead atoms. The number of ether oxygens (including phenoxy) is 3. The molecule has 1 aliphatic heterocycles. The molecule has 0 unspecified atom stereocenters. The first-order chi connectivity index (χ1) is 12.4. The van der Waals surface area contributed by atoms with Crippen molar-refractivity contribution in [2.75, 3.05) is 14.2 Å². The third kappa shape index (κ3) is 3.39. The lowest BCUT2D eigenvalue weighted by molar-refractivity contribution is -0.129. The molecule has 0 saturated carbocycles. The maximum absolute atomic E-state index is 13.4. The average Bonchev–Trinajstić information content (AvgIpc) is 2.98. The predicted octanol–water partition coefficient (Wildman–Crippen LogP) is 3.98. The normalized spacial score (nSPS) is 15.0. The summed E-state index contributed by atoms with van der Waals surface area (Å²) in [5, 5.41) is -0.122. The molecule has 0 spiro atoms. The lowest BCUT2D eigenvalue weighted by Gasteiger charge is -2.07. The van der Waals surface area contributed by atoms with Crippen LogP contribution in [-0.2, 0) is 9.53 Å². The highest BCUT2D eigenvalue weighted by Crippen LogP contribution is 2.30. The molecule has 0 fully saturated rings. The highest BCUT2D eigenvalue weighted by Gasteiger charge is 2.26. The van der Waals surface area contributed by atoms with E-state index in [0.717, 1.165) is 12.1 Å². The first kappa shape index (κ1) is 17.9. The van der Waals surface area contributed by atoms with Crippen molar-refractivity contribution in [1.82, 2.24) is 0 Å². The molecule has 1 aliphatic rings. The number of hydrogen-bond acceptors (Lipinski definition) is 5. The van der Waals surface area contributed by atoms with E-state index in [1.165, 1.54) is 20.3 Å². The van der Waals surface area contributed by atoms with Crippen LogP contribution in [0.25, 0.3) is 6.08 Å². The fraction of sp³-hybridized carbons (Fsp3) is 0.111. The quantitative estimate of drug-likeness (QED) is 0.458. The van der Waals surface area contributed by atoms with Crippen LogP contribution in [0.4, 0.5) is 8.78 Å². The highest BCUT2D eigenvalue weighted by molar-refractivity contribution is 6.34. The Balaban J connectivity index is 1.98. The van der Waals surface area contributed by atoms with Gasteiger partial charge >= 0.3 is 5.97 Å². The van der Waals surface area contributed by atoms with Crippen LogP contribution in [0.2, 0.25) is 5.02 Å². The molecule has 0 N–H and O–H groups in total. The van der Waals surface area contributed by atoms with Crippen molar-refractivity contribution < 1.29 is 27.8 Å². The number of benzene rings is 2. The van der Waals surface area contributed by atoms with Gasteiger partial charge in [0.25, 0.3) is 0 Å². The molecule has 5 nitrogen and oxygen atoms in total. The summed E-state index contributed by atoms with van der Waals surface area (Å²) in [6.45, 7) is 0. The van der Waals surface area contributed by atoms with Crippen LogP contribution in [0.1, 0.15) is 11.1 Å². The predicted molar refractivity (Wildman–Crippen MR) is 91.5 cm³/mol. The van der Waals surface area contributed by atoms with Gasteiger partial charge in [0.1, 0.15) is 0 Å². The first-order valence-electron chi connectivity index (χ1n) is 7.32. The van der Waals surface area contributed by atoms with Gasteiger partial charge in [0, 0.05) is 0 Å². The zero-order chi connectivity index (χ0) is 18.8. The molecule has 26 heavy (non-hydrogen) atoms. The van der Waals surface area contributed by atoms with Gasteiger partial charge in [0.05, 0.1) is 24.8 Å². The molecule has 2 aromatic carbocycles. The third-order valence-corrected chi connectivity index (χ3v) is 3.88. The van der Waals surface area contributed by atoms with Gasteiger partial charge in [-0.3, -0.25) is 0 Å². The van der Waals surface area contributed by atoms with E-state index >= 15 is 0 Å². The van der Waals surface area contributed by atoms with Crippen molar-refractivity contribution in [2.45, 2.75) is 0 Å². The second kappa shape index (κ2) is 7.13. The van der Waals surface area contributed by atoms with Crippen molar-refractivity contribution in [1.29, 1.82) is 0 Å². The second-order valence-electron chi connectivity index (χ2n) is 5.20. The van der Waals surface area contributed by atoms with Gasteiger partial charge in [-0.1, -0.05) is 17.7 Å². The maximum atomic E-state index is 13.4. The van der Waals surface area contributed by atoms with E-state index in [1.807, 2.05) is 0 Å². The summed E-state index contributed by atoms with van der Waals surface area (Å²) in [6.07, 6.45) is 1.46. The number of esters is 1. The molecule has 2 aromatic rings. The van der Waals surface area contributed by atoms with Gasteiger partial charge in [0.2, 0.25) is 5.90 Å². The van der Waals surface area contributed by atoms with E-state index in [4.69, 9.17) is 25.8 Å². The van der Waals surface area contributed by atoms with E-state index in [1.54, 1.807) is 18.2 Å². The number of aliphatic imine (C=N–C) groups is 1. The smallest absolute Gasteiger partial charge is 0.363 e. The summed E-state index contributed by atoms with van der Waals surface area (Å²) >= 11 is 5.88. The van der Waals surface area contributed by atoms with Gasteiger partial charge in [-0.05, 0) is 35.9 Å². The lowest BCUT2D eigenvalue weighted by atomic mass is 10.1. The number of rotatable bonds is 4. The summed E-state index contributed by atoms with van der Waals surface area (Å²) < 4.78 is 42.0. The monoisotopic (exact) mass is 379 g/mol. The summed E-state index contributed by atoms with van der Waals surface area (Å²) in [7, 11) is 2.99. The van der Waals surface area contributed by atoms with Crippen LogP contribution in [0.15, 0.2) is 41.0 Å². The first-order valence-corrected chi connectivity index (χ1v) is 7.70. The molecule has 0 amide bonds. The minimum atomic E-state index is -1.12. The number of carbonyl (C=O) groups is 1. The van der Waals surface area contributed by atoms with E-state index in [2.05, 4.69) is 4.99 Å². The molecular weight excluding hydrogens is 368 g/mol. The van der Waals surface area contributed by atoms with Crippen molar-refractivity contribution in [2.24, 2.45) is 4.99 Å². The van der Waals surface area contributed by atoms with E-state index < -0.39 is 17.6 Å². The van der Waals surface area contributed by atoms with Crippen LogP contribution in [0.3, 0.4) is 0 Å². The Hall–Kier alpha value is -2.93. The Morgan fingerprint density at radius 3 is 2.46 bits per heavy atom. The number of methoxy groups -OCH3 is 2. The lowest BCUT2D eigenvalue weighted by Crippen LogP contribution is -2.07. The van der Waals surface area contributed by atoms with Crippen molar-refractivity contribution >= 4 is 29.5 Å². The minimum Gasteiger partial charge on any atom is -0.493 e. The molecule has 0 aliphatic carbocycles. The molecule has 8 heteroatoms. The summed E-state index contributed by atoms with van der Waals surface area (Å²) in [4.78, 5) is 16.1. The molecule has 3 rings (SSSR count). The van der Waals surface area contributed by atoms with Gasteiger partial charge in [-0.2, -0.15) is 0 Å². The molecule has 0 atom stereocenters. The molecule has 1 heterocycles. The Labute approximate surface area is 152 Å². The maximum Gasteiger partial charge on any atom is 0.363 e. The topological polar surface area (TPSA) is 57.1 Å². The van der Waals surface area contributed by atoms with E-state index in [-0.39, 0.29) is 22.2 Å². The Bertz CT molecular complexity index is 956. The number of carbonyl (C=O) groups excluding carboxylic acids is 1. The molecule has 0 radical (unpaired) electrons. The largest absolute Gasteiger partial charge is 0.493 e. The number of nitrogens with zero attached hydrogens (tertiary/aromatic N) is 1. The van der Waals surface area contributed by atoms with E-state index in [9.17, 15) is 13.6 Å². The fourth-order valence-electron chi connectivity index (χ4n) is 2.31. The van der Waals surface area contributed by atoms with E-state index in [0.29, 0.717) is 17.1 Å². The zero-order valence-electron chi connectivity index (χ0n) is 13.7. The van der Waals surface area contributed by atoms with Crippen molar-refractivity contribution in [3.05, 3.63) is 63.8 Å². The summed E-state index contributed by atoms with van der Waals surface area (Å²) in [5.74, 6) is -2.17. The summed E-state index contributed by atoms with van der Waals surface area (Å²) in [5.41, 5.74) is 0.568. The van der Waals surface area contributed by atoms with Crippen LogP contribution < -0.4 is 9.47 Å². The number of hydrogen-bond donors (Lipinski definition) is 0. The second-order valence-corrected chi connectivity index (χ2v) is 5.60. The van der Waals surface area contributed by atoms with Crippen LogP contribution >= 0.6 is 11.6 Å². The molecule has 0 aromatic heterocycles. The van der Waals surface area contributed by atoms with Crippen molar-refractivity contribution in [3.63, 3.8) is 0 Å². The minimum absolute atomic E-state index is 0.0189. The third-order valence-electron chi connectivity index (χ3n) is 3.57. The SMILES string of the molecule is COc1ccc(/C=C2\N=C(c3cc(F)c(F)cc3Cl)OC2=O)cc1OC.